The highest BCUT2D eigenvalue weighted by Crippen LogP contribution is 2.43. The normalized spacial score (nSPS) is 27.9. The van der Waals surface area contributed by atoms with Crippen molar-refractivity contribution in [2.24, 2.45) is 0 Å². The molecule has 1 rings (SSSR count). The Hall–Kier alpha value is 0.0300. The van der Waals surface area contributed by atoms with Crippen molar-refractivity contribution in [3.63, 3.8) is 0 Å². The highest BCUT2D eigenvalue weighted by Gasteiger charge is 2.46. The van der Waals surface area contributed by atoms with Crippen molar-refractivity contribution in [3.8, 4) is 0 Å². The van der Waals surface area contributed by atoms with Crippen LogP contribution in [0, 0.1) is 0 Å². The predicted molar refractivity (Wildman–Crippen MR) is 114 cm³/mol. The molecule has 2 unspecified atom stereocenters. The number of hydrogen-bond donors (Lipinski definition) is 0. The molecule has 1 aliphatic rings. The summed E-state index contributed by atoms with van der Waals surface area (Å²) >= 11 is 0. The molecule has 168 valence electrons. The summed E-state index contributed by atoms with van der Waals surface area (Å²) in [5.41, 5.74) is 0. The van der Waals surface area contributed by atoms with E-state index in [1.165, 1.54) is 0 Å². The molecule has 1 heterocycles. The van der Waals surface area contributed by atoms with Gasteiger partial charge in [-0.2, -0.15) is 0 Å². The summed E-state index contributed by atoms with van der Waals surface area (Å²) in [5.74, 6) is -0.549. The predicted octanol–water partition coefficient (Wildman–Crippen LogP) is 5.19. The van der Waals surface area contributed by atoms with Crippen LogP contribution < -0.4 is 0 Å². The van der Waals surface area contributed by atoms with Gasteiger partial charge in [-0.15, -0.1) is 0 Å². The summed E-state index contributed by atoms with van der Waals surface area (Å²) in [4.78, 5) is 0. The molecule has 0 bridgehead atoms. The Morgan fingerprint density at radius 3 is 1.79 bits per heavy atom. The molecule has 1 saturated heterocycles. The van der Waals surface area contributed by atoms with Crippen LogP contribution in [0.4, 0.5) is 0 Å². The third-order valence-electron chi connectivity index (χ3n) is 4.82. The van der Waals surface area contributed by atoms with Gasteiger partial charge in [0.25, 0.3) is 0 Å². The van der Waals surface area contributed by atoms with Gasteiger partial charge in [0.1, 0.15) is 18.3 Å². The Balaban J connectivity index is 2.86. The summed E-state index contributed by atoms with van der Waals surface area (Å²) in [7, 11) is -2.41. The average molecular weight is 423 g/mol. The zero-order chi connectivity index (χ0) is 20.6. The first-order chi connectivity index (χ1) is 13.7. The Labute approximate surface area is 172 Å². The fourth-order valence-electron chi connectivity index (χ4n) is 3.01. The molecule has 0 amide bonds. The minimum atomic E-state index is -2.41. The molecule has 0 radical (unpaired) electrons. The Bertz CT molecular complexity index is 395. The summed E-state index contributed by atoms with van der Waals surface area (Å²) in [5, 5.41) is 0. The molecule has 0 N–H and O–H groups in total. The van der Waals surface area contributed by atoms with E-state index >= 15 is 0 Å². The molecule has 1 fully saturated rings. The lowest BCUT2D eigenvalue weighted by atomic mass is 10.1. The molecule has 0 aliphatic carbocycles. The SMILES string of the molecule is CCCCOC[C@H]1O[PH](=O)C(OCCCC)[C@@H](OCCCC)[C@@H]1OCCCC. The van der Waals surface area contributed by atoms with Gasteiger partial charge in [-0.1, -0.05) is 53.4 Å². The molecule has 1 aliphatic heterocycles. The van der Waals surface area contributed by atoms with E-state index in [0.717, 1.165) is 51.4 Å². The van der Waals surface area contributed by atoms with Crippen molar-refractivity contribution in [2.75, 3.05) is 33.0 Å². The summed E-state index contributed by atoms with van der Waals surface area (Å²) in [6.07, 6.45) is 6.99. The maximum Gasteiger partial charge on any atom is 0.222 e. The minimum Gasteiger partial charge on any atom is -0.379 e. The quantitative estimate of drug-likeness (QED) is 0.237. The van der Waals surface area contributed by atoms with Crippen LogP contribution in [-0.4, -0.2) is 57.2 Å². The van der Waals surface area contributed by atoms with Crippen molar-refractivity contribution in [1.82, 2.24) is 0 Å². The van der Waals surface area contributed by atoms with E-state index in [-0.39, 0.29) is 18.3 Å². The van der Waals surface area contributed by atoms with Crippen molar-refractivity contribution in [3.05, 3.63) is 0 Å². The van der Waals surface area contributed by atoms with Crippen LogP contribution >= 0.6 is 8.03 Å². The summed E-state index contributed by atoms with van der Waals surface area (Å²) in [6, 6.07) is 0. The van der Waals surface area contributed by atoms with Gasteiger partial charge < -0.3 is 23.5 Å². The van der Waals surface area contributed by atoms with Crippen LogP contribution in [0.2, 0.25) is 0 Å². The molecule has 0 saturated carbocycles. The second-order valence-corrected chi connectivity index (χ2v) is 8.87. The first kappa shape index (κ1) is 26.1. The summed E-state index contributed by atoms with van der Waals surface area (Å²) in [6.45, 7) is 11.4. The topological polar surface area (TPSA) is 63.2 Å². The van der Waals surface area contributed by atoms with Gasteiger partial charge in [0.15, 0.2) is 5.85 Å². The monoisotopic (exact) mass is 422 g/mol. The largest absolute Gasteiger partial charge is 0.379 e. The van der Waals surface area contributed by atoms with Crippen LogP contribution in [0.5, 0.6) is 0 Å². The molecule has 0 aromatic rings. The Morgan fingerprint density at radius 2 is 1.21 bits per heavy atom. The highest BCUT2D eigenvalue weighted by atomic mass is 31.1. The van der Waals surface area contributed by atoms with E-state index in [1.807, 2.05) is 0 Å². The number of rotatable bonds is 17. The van der Waals surface area contributed by atoms with Crippen LogP contribution in [0.15, 0.2) is 0 Å². The molecule has 28 heavy (non-hydrogen) atoms. The average Bonchev–Trinajstić information content (AvgIpc) is 2.69. The van der Waals surface area contributed by atoms with E-state index in [2.05, 4.69) is 27.7 Å². The Kier molecular flexibility index (Phi) is 15.6. The zero-order valence-electron chi connectivity index (χ0n) is 18.5. The van der Waals surface area contributed by atoms with Crippen LogP contribution in [0.25, 0.3) is 0 Å². The third kappa shape index (κ3) is 9.69. The smallest absolute Gasteiger partial charge is 0.222 e. The fourth-order valence-corrected chi connectivity index (χ4v) is 4.45. The van der Waals surface area contributed by atoms with Crippen LogP contribution in [-0.2, 0) is 28.0 Å². The molecular weight excluding hydrogens is 379 g/mol. The maximum absolute atomic E-state index is 12.9. The van der Waals surface area contributed by atoms with Gasteiger partial charge in [-0.3, -0.25) is 4.57 Å². The lowest BCUT2D eigenvalue weighted by molar-refractivity contribution is -0.173. The van der Waals surface area contributed by atoms with E-state index in [1.54, 1.807) is 0 Å². The molecule has 0 aromatic carbocycles. The number of ether oxygens (including phenoxy) is 4. The molecule has 0 spiro atoms. The molecular formula is C21H43O6P. The van der Waals surface area contributed by atoms with Crippen molar-refractivity contribution in [2.45, 2.75) is 103 Å². The number of hydrogen-bond acceptors (Lipinski definition) is 6. The minimum absolute atomic E-state index is 0.320. The van der Waals surface area contributed by atoms with Crippen molar-refractivity contribution < 1.29 is 28.0 Å². The zero-order valence-corrected chi connectivity index (χ0v) is 19.5. The second kappa shape index (κ2) is 16.8. The first-order valence-corrected chi connectivity index (χ1v) is 12.7. The molecule has 6 nitrogen and oxygen atoms in total. The van der Waals surface area contributed by atoms with E-state index in [9.17, 15) is 4.57 Å². The van der Waals surface area contributed by atoms with Crippen molar-refractivity contribution >= 4 is 8.03 Å². The van der Waals surface area contributed by atoms with Gasteiger partial charge in [0.05, 0.1) is 6.61 Å². The van der Waals surface area contributed by atoms with E-state index in [0.29, 0.717) is 33.0 Å². The maximum atomic E-state index is 12.9. The summed E-state index contributed by atoms with van der Waals surface area (Å²) < 4.78 is 42.9. The molecule has 7 heteroatoms. The molecule has 0 aromatic heterocycles. The van der Waals surface area contributed by atoms with Crippen LogP contribution in [0.1, 0.15) is 79.1 Å². The Morgan fingerprint density at radius 1 is 0.714 bits per heavy atom. The van der Waals surface area contributed by atoms with E-state index < -0.39 is 13.9 Å². The van der Waals surface area contributed by atoms with Gasteiger partial charge in [0.2, 0.25) is 8.03 Å². The first-order valence-electron chi connectivity index (χ1n) is 11.3. The lowest BCUT2D eigenvalue weighted by Gasteiger charge is -2.41. The lowest BCUT2D eigenvalue weighted by Crippen LogP contribution is -2.53. The van der Waals surface area contributed by atoms with Gasteiger partial charge in [-0.05, 0) is 25.7 Å². The van der Waals surface area contributed by atoms with Gasteiger partial charge in [-0.25, -0.2) is 0 Å². The van der Waals surface area contributed by atoms with Gasteiger partial charge in [0, 0.05) is 26.4 Å². The van der Waals surface area contributed by atoms with Gasteiger partial charge >= 0.3 is 0 Å². The van der Waals surface area contributed by atoms with Crippen molar-refractivity contribution in [1.29, 1.82) is 0 Å². The van der Waals surface area contributed by atoms with Crippen LogP contribution in [0.3, 0.4) is 0 Å². The third-order valence-corrected chi connectivity index (χ3v) is 6.32. The fraction of sp³-hybridized carbons (Fsp3) is 1.00. The molecule has 5 atom stereocenters. The number of unbranched alkanes of at least 4 members (excludes halogenated alkanes) is 4. The highest BCUT2D eigenvalue weighted by molar-refractivity contribution is 7.40. The van der Waals surface area contributed by atoms with E-state index in [4.69, 9.17) is 23.5 Å². The standard InChI is InChI=1S/C21H43O6P/c1-5-9-13-23-17-18-19(24-14-10-6-2)20(25-15-11-7-3)21(28(22)27-18)26-16-12-8-4/h18-21,28H,5-17H2,1-4H3/t18-,19-,20+,21?/m1/s1. The second-order valence-electron chi connectivity index (χ2n) is 7.43.